The van der Waals surface area contributed by atoms with E-state index in [-0.39, 0.29) is 25.7 Å². The quantitative estimate of drug-likeness (QED) is 0.223. The van der Waals surface area contributed by atoms with Gasteiger partial charge in [0, 0.05) is 21.6 Å². The first-order valence-electron chi connectivity index (χ1n) is 11.2. The molecule has 0 aromatic rings. The molecule has 1 aliphatic rings. The van der Waals surface area contributed by atoms with Gasteiger partial charge >= 0.3 is 11.9 Å². The summed E-state index contributed by atoms with van der Waals surface area (Å²) in [5.74, 6) is -6.38. The first-order valence-corrected chi connectivity index (χ1v) is 18.1. The van der Waals surface area contributed by atoms with Crippen molar-refractivity contribution in [2.45, 2.75) is 37.9 Å². The Bertz CT molecular complexity index is 1160. The van der Waals surface area contributed by atoms with E-state index < -0.39 is 98.3 Å². The van der Waals surface area contributed by atoms with E-state index in [9.17, 15) is 43.3 Å². The van der Waals surface area contributed by atoms with E-state index >= 15 is 0 Å². The number of hydrogen-bond acceptors (Lipinski definition) is 12. The summed E-state index contributed by atoms with van der Waals surface area (Å²) < 4.78 is 106. The van der Waals surface area contributed by atoms with Gasteiger partial charge in [0.15, 0.2) is 39.3 Å². The van der Waals surface area contributed by atoms with Crippen molar-refractivity contribution in [1.82, 2.24) is 0 Å². The smallest absolute Gasteiger partial charge is 0.309 e. The van der Waals surface area contributed by atoms with E-state index in [0.29, 0.717) is 21.6 Å². The molecule has 0 aliphatic heterocycles. The zero-order valence-electron chi connectivity index (χ0n) is 20.6. The van der Waals surface area contributed by atoms with Crippen molar-refractivity contribution < 1.29 is 52.7 Å². The Morgan fingerprint density at radius 3 is 0.947 bits per heavy atom. The number of esters is 2. The number of carbonyl (C=O) groups is 2. The maximum atomic E-state index is 12.7. The normalized spacial score (nSPS) is 18.9. The van der Waals surface area contributed by atoms with E-state index in [0.717, 1.165) is 0 Å². The fourth-order valence-corrected chi connectivity index (χ4v) is 7.29. The second kappa shape index (κ2) is 13.7. The van der Waals surface area contributed by atoms with Crippen molar-refractivity contribution in [1.29, 1.82) is 0 Å². The lowest BCUT2D eigenvalue weighted by atomic mass is 9.82. The zero-order chi connectivity index (χ0) is 29.4. The number of sulfone groups is 4. The first kappa shape index (κ1) is 33.7. The summed E-state index contributed by atoms with van der Waals surface area (Å²) in [7, 11) is -15.6. The van der Waals surface area contributed by atoms with Gasteiger partial charge in [-0.1, -0.05) is 26.3 Å². The van der Waals surface area contributed by atoms with Gasteiger partial charge in [0.2, 0.25) is 0 Å². The molecule has 1 aliphatic carbocycles. The molecule has 16 heteroatoms. The third-order valence-corrected chi connectivity index (χ3v) is 11.0. The second-order valence-electron chi connectivity index (χ2n) is 8.65. The molecule has 0 saturated heterocycles. The Balaban J connectivity index is 2.87. The van der Waals surface area contributed by atoms with Gasteiger partial charge in [0.05, 0.1) is 34.8 Å². The lowest BCUT2D eigenvalue weighted by Crippen LogP contribution is -2.37. The van der Waals surface area contributed by atoms with Gasteiger partial charge in [0.1, 0.15) is 12.2 Å². The SMILES string of the molecule is C=CS(=O)(=O)CC(CS(=O)(=O)C=C)OC(=O)C1CCC(C(=O)OC(CS(=O)(=O)C=C)CS(=O)(=O)C=C)CC1. The summed E-state index contributed by atoms with van der Waals surface area (Å²) in [5, 5.41) is 2.50. The van der Waals surface area contributed by atoms with Crippen LogP contribution in [0.2, 0.25) is 0 Å². The van der Waals surface area contributed by atoms with Crippen molar-refractivity contribution >= 4 is 51.3 Å². The van der Waals surface area contributed by atoms with Gasteiger partial charge in [-0.2, -0.15) is 0 Å². The highest BCUT2D eigenvalue weighted by molar-refractivity contribution is 7.95. The summed E-state index contributed by atoms with van der Waals surface area (Å²) in [6, 6.07) is 0. The van der Waals surface area contributed by atoms with Crippen LogP contribution in [0.25, 0.3) is 0 Å². The zero-order valence-corrected chi connectivity index (χ0v) is 23.9. The number of carbonyl (C=O) groups excluding carboxylic acids is 2. The predicted octanol–water partition coefficient (Wildman–Crippen LogP) is 0.850. The van der Waals surface area contributed by atoms with Crippen molar-refractivity contribution in [3.63, 3.8) is 0 Å². The number of ether oxygens (including phenoxy) is 2. The van der Waals surface area contributed by atoms with Gasteiger partial charge in [-0.05, 0) is 25.7 Å². The molecular weight excluding hydrogens is 584 g/mol. The van der Waals surface area contributed by atoms with Crippen LogP contribution >= 0.6 is 0 Å². The third kappa shape index (κ3) is 11.6. The predicted molar refractivity (Wildman–Crippen MR) is 141 cm³/mol. The molecule has 0 atom stereocenters. The van der Waals surface area contributed by atoms with Crippen molar-refractivity contribution in [2.24, 2.45) is 11.8 Å². The van der Waals surface area contributed by atoms with Crippen LogP contribution in [0.15, 0.2) is 47.9 Å². The van der Waals surface area contributed by atoms with E-state index in [2.05, 4.69) is 26.3 Å². The molecule has 0 bridgehead atoms. The highest BCUT2D eigenvalue weighted by atomic mass is 32.2. The Labute approximate surface area is 224 Å². The van der Waals surface area contributed by atoms with Gasteiger partial charge < -0.3 is 9.47 Å². The lowest BCUT2D eigenvalue weighted by molar-refractivity contribution is -0.158. The second-order valence-corrected chi connectivity index (χ2v) is 16.6. The highest BCUT2D eigenvalue weighted by Crippen LogP contribution is 2.31. The van der Waals surface area contributed by atoms with Gasteiger partial charge in [-0.25, -0.2) is 33.7 Å². The molecule has 0 aromatic carbocycles. The fraction of sp³-hybridized carbons (Fsp3) is 0.545. The fourth-order valence-electron chi connectivity index (χ4n) is 3.63. The molecular formula is C22H32O12S4. The first-order chi connectivity index (χ1) is 17.4. The Hall–Kier alpha value is -2.30. The van der Waals surface area contributed by atoms with Crippen LogP contribution in [0.4, 0.5) is 0 Å². The minimum Gasteiger partial charge on any atom is -0.460 e. The van der Waals surface area contributed by atoms with Crippen LogP contribution < -0.4 is 0 Å². The lowest BCUT2D eigenvalue weighted by Gasteiger charge is -2.28. The maximum Gasteiger partial charge on any atom is 0.309 e. The van der Waals surface area contributed by atoms with Crippen LogP contribution in [0.5, 0.6) is 0 Å². The molecule has 0 aromatic heterocycles. The molecule has 38 heavy (non-hydrogen) atoms. The molecule has 0 N–H and O–H groups in total. The largest absolute Gasteiger partial charge is 0.460 e. The van der Waals surface area contributed by atoms with Crippen LogP contribution in [-0.2, 0) is 58.4 Å². The average Bonchev–Trinajstić information content (AvgIpc) is 2.83. The molecule has 0 spiro atoms. The standard InChI is InChI=1S/C22H32O12S4/c1-5-35(25,26)13-19(14-36(27,28)6-2)33-21(23)17-9-11-18(12-10-17)22(24)34-20(15-37(29,30)7-3)16-38(31,32)8-4/h5-8,17-20H,1-4,9-16H2. The van der Waals surface area contributed by atoms with E-state index in [1.165, 1.54) is 0 Å². The number of hydrogen-bond donors (Lipinski definition) is 0. The van der Waals surface area contributed by atoms with Crippen LogP contribution in [0.1, 0.15) is 25.7 Å². The van der Waals surface area contributed by atoms with E-state index in [1.54, 1.807) is 0 Å². The van der Waals surface area contributed by atoms with Crippen LogP contribution in [0, 0.1) is 11.8 Å². The molecule has 1 rings (SSSR count). The molecule has 12 nitrogen and oxygen atoms in total. The van der Waals surface area contributed by atoms with Crippen LogP contribution in [0.3, 0.4) is 0 Å². The van der Waals surface area contributed by atoms with E-state index in [1.807, 2.05) is 0 Å². The van der Waals surface area contributed by atoms with Crippen molar-refractivity contribution in [2.75, 3.05) is 23.0 Å². The molecule has 0 unspecified atom stereocenters. The molecule has 216 valence electrons. The van der Waals surface area contributed by atoms with Crippen LogP contribution in [-0.4, -0.2) is 80.8 Å². The number of rotatable bonds is 16. The Morgan fingerprint density at radius 2 is 0.763 bits per heavy atom. The molecule has 0 amide bonds. The molecule has 1 saturated carbocycles. The minimum absolute atomic E-state index is 0.105. The van der Waals surface area contributed by atoms with E-state index in [4.69, 9.17) is 9.47 Å². The molecule has 1 fully saturated rings. The Kier molecular flexibility index (Phi) is 12.1. The summed E-state index contributed by atoms with van der Waals surface area (Å²) in [6.45, 7) is 12.6. The topological polar surface area (TPSA) is 189 Å². The third-order valence-electron chi connectivity index (χ3n) is 5.65. The molecule has 0 radical (unpaired) electrons. The van der Waals surface area contributed by atoms with Gasteiger partial charge in [-0.15, -0.1) is 0 Å². The summed E-state index contributed by atoms with van der Waals surface area (Å²) in [5.41, 5.74) is 0. The summed E-state index contributed by atoms with van der Waals surface area (Å²) in [6.07, 6.45) is -2.59. The Morgan fingerprint density at radius 1 is 0.553 bits per heavy atom. The summed E-state index contributed by atoms with van der Waals surface area (Å²) in [4.78, 5) is 25.3. The summed E-state index contributed by atoms with van der Waals surface area (Å²) >= 11 is 0. The van der Waals surface area contributed by atoms with Gasteiger partial charge in [-0.3, -0.25) is 9.59 Å². The van der Waals surface area contributed by atoms with Crippen molar-refractivity contribution in [3.8, 4) is 0 Å². The monoisotopic (exact) mass is 616 g/mol. The molecule has 0 heterocycles. The average molecular weight is 617 g/mol. The highest BCUT2D eigenvalue weighted by Gasteiger charge is 2.36. The maximum absolute atomic E-state index is 12.7. The van der Waals surface area contributed by atoms with Crippen molar-refractivity contribution in [3.05, 3.63) is 47.9 Å². The van der Waals surface area contributed by atoms with Gasteiger partial charge in [0.25, 0.3) is 0 Å². The minimum atomic E-state index is -3.91.